The van der Waals surface area contributed by atoms with Crippen molar-refractivity contribution < 1.29 is 38.4 Å². The highest BCUT2D eigenvalue weighted by Gasteiger charge is 2.26. The SMILES string of the molecule is COC(=O)c1ccc(-c2nc(C3CCC(CO)CC3)cnc2N)cc1F.Nc1ncc(C2CCC(CO)CC2)nc1-c1ccc(C(=O)N[C@H](CO)c2cccc(Cl)c2)c(F)c1. The predicted octanol–water partition coefficient (Wildman–Crippen LogP) is 7.17. The van der Waals surface area contributed by atoms with E-state index in [1.54, 1.807) is 48.8 Å². The van der Waals surface area contributed by atoms with E-state index in [2.05, 4.69) is 30.0 Å². The van der Waals surface area contributed by atoms with Crippen molar-refractivity contribution in [3.05, 3.63) is 118 Å². The van der Waals surface area contributed by atoms with E-state index in [0.29, 0.717) is 44.9 Å². The summed E-state index contributed by atoms with van der Waals surface area (Å²) in [4.78, 5) is 42.1. The Morgan fingerprint density at radius 2 is 1.25 bits per heavy atom. The van der Waals surface area contributed by atoms with Gasteiger partial charge < -0.3 is 36.8 Å². The molecule has 1 amide bonds. The molecule has 8 N–H and O–H groups in total. The van der Waals surface area contributed by atoms with E-state index in [1.165, 1.54) is 31.4 Å². The van der Waals surface area contributed by atoms with Crippen LogP contribution in [0, 0.1) is 23.5 Å². The Labute approximate surface area is 357 Å². The zero-order valence-corrected chi connectivity index (χ0v) is 34.5. The number of anilines is 2. The lowest BCUT2D eigenvalue weighted by Crippen LogP contribution is -2.31. The maximum absolute atomic E-state index is 15.0. The number of amides is 1. The van der Waals surface area contributed by atoms with Crippen LogP contribution in [0.15, 0.2) is 73.1 Å². The Hall–Kier alpha value is -5.61. The fourth-order valence-corrected chi connectivity index (χ4v) is 8.10. The molecule has 2 aliphatic rings. The summed E-state index contributed by atoms with van der Waals surface area (Å²) in [7, 11) is 1.20. The minimum atomic E-state index is -0.738. The van der Waals surface area contributed by atoms with E-state index in [4.69, 9.17) is 23.1 Å². The number of hydrogen-bond donors (Lipinski definition) is 6. The monoisotopic (exact) mass is 857 g/mol. The first-order valence-electron chi connectivity index (χ1n) is 20.2. The van der Waals surface area contributed by atoms with Gasteiger partial charge in [0.25, 0.3) is 5.91 Å². The summed E-state index contributed by atoms with van der Waals surface area (Å²) in [6.07, 6.45) is 10.7. The van der Waals surface area contributed by atoms with Gasteiger partial charge in [0.1, 0.15) is 34.7 Å². The number of benzene rings is 3. The third kappa shape index (κ3) is 11.0. The number of halogens is 3. The summed E-state index contributed by atoms with van der Waals surface area (Å²) in [6, 6.07) is 14.3. The number of carbonyl (C=O) groups is 2. The maximum Gasteiger partial charge on any atom is 0.340 e. The van der Waals surface area contributed by atoms with E-state index >= 15 is 4.39 Å². The Bertz CT molecular complexity index is 2320. The van der Waals surface area contributed by atoms with Crippen LogP contribution in [-0.4, -0.2) is 74.1 Å². The zero-order valence-electron chi connectivity index (χ0n) is 33.7. The molecule has 0 unspecified atom stereocenters. The molecule has 0 aliphatic heterocycles. The number of aliphatic hydroxyl groups is 3. The van der Waals surface area contributed by atoms with Gasteiger partial charge in [-0.05, 0) is 105 Å². The highest BCUT2D eigenvalue weighted by molar-refractivity contribution is 6.30. The molecule has 322 valence electrons. The number of carbonyl (C=O) groups excluding carboxylic acids is 2. The van der Waals surface area contributed by atoms with Crippen LogP contribution < -0.4 is 16.8 Å². The van der Waals surface area contributed by atoms with Crippen LogP contribution in [0.25, 0.3) is 22.5 Å². The summed E-state index contributed by atoms with van der Waals surface area (Å²) in [5.74, 6) is -1.30. The van der Waals surface area contributed by atoms with Crippen LogP contribution >= 0.6 is 11.6 Å². The highest BCUT2D eigenvalue weighted by Crippen LogP contribution is 2.38. The van der Waals surface area contributed by atoms with Crippen molar-refractivity contribution in [2.45, 2.75) is 69.2 Å². The zero-order chi connectivity index (χ0) is 43.6. The molecule has 7 rings (SSSR count). The second-order valence-electron chi connectivity index (χ2n) is 15.5. The average molecular weight is 858 g/mol. The number of ether oxygens (including phenoxy) is 1. The Morgan fingerprint density at radius 1 is 0.754 bits per heavy atom. The van der Waals surface area contributed by atoms with Gasteiger partial charge in [-0.15, -0.1) is 0 Å². The van der Waals surface area contributed by atoms with Crippen molar-refractivity contribution in [1.29, 1.82) is 0 Å². The van der Waals surface area contributed by atoms with Gasteiger partial charge in [-0.25, -0.2) is 33.5 Å². The molecule has 0 spiro atoms. The third-order valence-corrected chi connectivity index (χ3v) is 11.8. The second kappa shape index (κ2) is 20.8. The minimum absolute atomic E-state index is 0.138. The van der Waals surface area contributed by atoms with E-state index in [0.717, 1.165) is 62.8 Å². The summed E-state index contributed by atoms with van der Waals surface area (Å²) in [5, 5.41) is 31.5. The van der Waals surface area contributed by atoms with Crippen LogP contribution in [0.5, 0.6) is 0 Å². The van der Waals surface area contributed by atoms with Gasteiger partial charge in [-0.3, -0.25) is 4.79 Å². The predicted molar refractivity (Wildman–Crippen MR) is 227 cm³/mol. The quantitative estimate of drug-likeness (QED) is 0.0729. The number of aromatic nitrogens is 4. The van der Waals surface area contributed by atoms with Gasteiger partial charge in [0, 0.05) is 41.2 Å². The Balaban J connectivity index is 0.000000213. The summed E-state index contributed by atoms with van der Waals surface area (Å²) < 4.78 is 33.8. The molecule has 13 nitrogen and oxygen atoms in total. The van der Waals surface area contributed by atoms with E-state index in [9.17, 15) is 29.3 Å². The van der Waals surface area contributed by atoms with Crippen molar-refractivity contribution in [3.63, 3.8) is 0 Å². The van der Waals surface area contributed by atoms with Gasteiger partial charge >= 0.3 is 5.97 Å². The molecule has 61 heavy (non-hydrogen) atoms. The van der Waals surface area contributed by atoms with E-state index in [1.807, 2.05) is 0 Å². The van der Waals surface area contributed by atoms with Crippen LogP contribution in [-0.2, 0) is 4.74 Å². The minimum Gasteiger partial charge on any atom is -0.465 e. The number of esters is 1. The lowest BCUT2D eigenvalue weighted by atomic mass is 9.81. The summed E-state index contributed by atoms with van der Waals surface area (Å²) >= 11 is 6.00. The molecule has 2 saturated carbocycles. The standard InChI is InChI=1S/C26H28ClFN4O3.C19H22FN3O3/c27-19-3-1-2-17(10-19)23(14-34)32-26(35)20-9-8-18(11-21(20)28)24-25(29)30-12-22(31-24)16-6-4-15(13-33)5-7-16;1-26-19(25)14-7-6-13(8-15(14)20)17-18(21)22-9-16(23-17)12-4-2-11(10-24)3-5-12/h1-3,8-12,15-16,23,33-34H,4-7,13-14H2,(H2,29,30)(H,32,35);6-9,11-12,24H,2-5,10H2,1H3,(H2,21,22)/t15?,16?,23-;/m1./s1. The average Bonchev–Trinajstić information content (AvgIpc) is 3.28. The molecule has 2 fully saturated rings. The van der Waals surface area contributed by atoms with Gasteiger partial charge in [0.05, 0.1) is 54.7 Å². The largest absolute Gasteiger partial charge is 0.465 e. The fourth-order valence-electron chi connectivity index (χ4n) is 7.90. The second-order valence-corrected chi connectivity index (χ2v) is 15.9. The highest BCUT2D eigenvalue weighted by atomic mass is 35.5. The smallest absolute Gasteiger partial charge is 0.340 e. The first kappa shape index (κ1) is 44.9. The lowest BCUT2D eigenvalue weighted by Gasteiger charge is -2.27. The molecular formula is C45H50ClF2N7O6. The van der Waals surface area contributed by atoms with Gasteiger partial charge in [0.2, 0.25) is 0 Å². The van der Waals surface area contributed by atoms with Crippen LogP contribution in [0.4, 0.5) is 20.4 Å². The van der Waals surface area contributed by atoms with E-state index in [-0.39, 0.29) is 54.4 Å². The van der Waals surface area contributed by atoms with Crippen LogP contribution in [0.1, 0.15) is 107 Å². The van der Waals surface area contributed by atoms with Crippen LogP contribution in [0.2, 0.25) is 5.02 Å². The molecular weight excluding hydrogens is 808 g/mol. The molecule has 2 aliphatic carbocycles. The number of methoxy groups -OCH3 is 1. The molecule has 5 aromatic rings. The number of nitrogens with zero attached hydrogens (tertiary/aromatic N) is 4. The number of nitrogens with one attached hydrogen (secondary N) is 1. The molecule has 2 heterocycles. The van der Waals surface area contributed by atoms with Crippen molar-refractivity contribution in [1.82, 2.24) is 25.3 Å². The topological polar surface area (TPSA) is 220 Å². The number of nitrogens with two attached hydrogens (primary N) is 2. The summed E-state index contributed by atoms with van der Waals surface area (Å²) in [6.45, 7) is 0.0465. The molecule has 1 atom stereocenters. The third-order valence-electron chi connectivity index (χ3n) is 11.6. The molecule has 16 heteroatoms. The number of hydrogen-bond acceptors (Lipinski definition) is 12. The van der Waals surface area contributed by atoms with E-state index < -0.39 is 29.6 Å². The fraction of sp³-hybridized carbons (Fsp3) is 0.378. The van der Waals surface area contributed by atoms with Gasteiger partial charge in [-0.2, -0.15) is 0 Å². The van der Waals surface area contributed by atoms with Crippen LogP contribution in [0.3, 0.4) is 0 Å². The maximum atomic E-state index is 15.0. The first-order valence-corrected chi connectivity index (χ1v) is 20.6. The number of rotatable bonds is 11. The lowest BCUT2D eigenvalue weighted by molar-refractivity contribution is 0.0595. The molecule has 2 aromatic heterocycles. The molecule has 0 bridgehead atoms. The molecule has 3 aromatic carbocycles. The normalized spacial score (nSPS) is 19.3. The summed E-state index contributed by atoms with van der Waals surface area (Å²) in [5.41, 5.74) is 15.6. The first-order chi connectivity index (χ1) is 29.4. The van der Waals surface area contributed by atoms with Crippen molar-refractivity contribution in [2.24, 2.45) is 11.8 Å². The van der Waals surface area contributed by atoms with Crippen molar-refractivity contribution in [2.75, 3.05) is 38.4 Å². The number of aliphatic hydroxyl groups excluding tert-OH is 3. The van der Waals surface area contributed by atoms with Crippen molar-refractivity contribution in [3.8, 4) is 22.5 Å². The Kier molecular flexibility index (Phi) is 15.3. The molecule has 0 radical (unpaired) electrons. The molecule has 0 saturated heterocycles. The Morgan fingerprint density at radius 3 is 1.67 bits per heavy atom. The van der Waals surface area contributed by atoms with Gasteiger partial charge in [-0.1, -0.05) is 35.9 Å². The van der Waals surface area contributed by atoms with Gasteiger partial charge in [0.15, 0.2) is 0 Å². The number of nitrogen functional groups attached to an aromatic ring is 2. The van der Waals surface area contributed by atoms with Crippen molar-refractivity contribution >= 4 is 35.1 Å².